The number of furan rings is 1. The van der Waals surface area contributed by atoms with Crippen molar-refractivity contribution in [2.24, 2.45) is 5.84 Å². The van der Waals surface area contributed by atoms with Gasteiger partial charge in [0.15, 0.2) is 0 Å². The third kappa shape index (κ3) is 4.06. The van der Waals surface area contributed by atoms with Gasteiger partial charge in [0.2, 0.25) is 5.91 Å². The summed E-state index contributed by atoms with van der Waals surface area (Å²) in [6.45, 7) is 0.964. The topological polar surface area (TPSA) is 77.5 Å². The normalized spacial score (nSPS) is 10.1. The zero-order chi connectivity index (χ0) is 10.2. The molecule has 0 radical (unpaired) electrons. The van der Waals surface area contributed by atoms with Crippen molar-refractivity contribution < 1.29 is 13.9 Å². The van der Waals surface area contributed by atoms with Crippen molar-refractivity contribution in [1.82, 2.24) is 5.43 Å². The minimum absolute atomic E-state index is 0.174. The molecule has 1 heterocycles. The summed E-state index contributed by atoms with van der Waals surface area (Å²) < 4.78 is 10.3. The van der Waals surface area contributed by atoms with Gasteiger partial charge in [0.1, 0.15) is 12.4 Å². The first-order valence-electron chi connectivity index (χ1n) is 4.42. The van der Waals surface area contributed by atoms with Gasteiger partial charge in [-0.2, -0.15) is 0 Å². The Kier molecular flexibility index (Phi) is 4.74. The molecule has 0 unspecified atom stereocenters. The number of rotatable bonds is 6. The van der Waals surface area contributed by atoms with Gasteiger partial charge < -0.3 is 9.15 Å². The van der Waals surface area contributed by atoms with E-state index in [1.165, 1.54) is 0 Å². The first kappa shape index (κ1) is 10.7. The lowest BCUT2D eigenvalue weighted by molar-refractivity contribution is -0.121. The summed E-state index contributed by atoms with van der Waals surface area (Å²) in [6, 6.07) is 3.65. The number of carbonyl (C=O) groups is 1. The van der Waals surface area contributed by atoms with Gasteiger partial charge in [-0.15, -0.1) is 0 Å². The average Bonchev–Trinajstić information content (AvgIpc) is 2.69. The van der Waals surface area contributed by atoms with E-state index in [0.717, 1.165) is 5.76 Å². The van der Waals surface area contributed by atoms with Crippen LogP contribution in [0.25, 0.3) is 0 Å². The Labute approximate surface area is 82.2 Å². The number of nitrogens with one attached hydrogen (secondary N) is 1. The van der Waals surface area contributed by atoms with Crippen molar-refractivity contribution in [2.45, 2.75) is 19.4 Å². The van der Waals surface area contributed by atoms with Crippen LogP contribution in [0.3, 0.4) is 0 Å². The standard InChI is InChI=1S/C9H14N2O3/c10-11-9(12)4-2-5-13-7-8-3-1-6-14-8/h1,3,6H,2,4-5,7,10H2,(H,11,12). The van der Waals surface area contributed by atoms with Crippen LogP contribution in [0, 0.1) is 0 Å². The number of hydrogen-bond donors (Lipinski definition) is 2. The zero-order valence-corrected chi connectivity index (χ0v) is 7.86. The van der Waals surface area contributed by atoms with Gasteiger partial charge in [0, 0.05) is 13.0 Å². The summed E-state index contributed by atoms with van der Waals surface area (Å²) in [6.07, 6.45) is 2.64. The van der Waals surface area contributed by atoms with Crippen LogP contribution < -0.4 is 11.3 Å². The Hall–Kier alpha value is -1.33. The molecule has 5 nitrogen and oxygen atoms in total. The molecule has 1 aromatic rings. The predicted octanol–water partition coefficient (Wildman–Crippen LogP) is 0.566. The van der Waals surface area contributed by atoms with E-state index in [1.54, 1.807) is 12.3 Å². The molecule has 0 bridgehead atoms. The van der Waals surface area contributed by atoms with Gasteiger partial charge in [0.05, 0.1) is 6.26 Å². The number of hydrogen-bond acceptors (Lipinski definition) is 4. The van der Waals surface area contributed by atoms with E-state index >= 15 is 0 Å². The van der Waals surface area contributed by atoms with E-state index in [4.69, 9.17) is 15.0 Å². The van der Waals surface area contributed by atoms with Crippen molar-refractivity contribution in [2.75, 3.05) is 6.61 Å². The number of amides is 1. The van der Waals surface area contributed by atoms with Crippen LogP contribution in [-0.4, -0.2) is 12.5 Å². The lowest BCUT2D eigenvalue weighted by atomic mass is 10.3. The Morgan fingerprint density at radius 1 is 1.64 bits per heavy atom. The van der Waals surface area contributed by atoms with Crippen molar-refractivity contribution >= 4 is 5.91 Å². The van der Waals surface area contributed by atoms with Gasteiger partial charge in [-0.05, 0) is 18.6 Å². The molecule has 0 aliphatic rings. The van der Waals surface area contributed by atoms with E-state index in [9.17, 15) is 4.79 Å². The fourth-order valence-electron chi connectivity index (χ4n) is 0.974. The molecule has 1 rings (SSSR count). The molecule has 78 valence electrons. The van der Waals surface area contributed by atoms with E-state index in [0.29, 0.717) is 26.1 Å². The Morgan fingerprint density at radius 3 is 3.14 bits per heavy atom. The molecule has 0 spiro atoms. The largest absolute Gasteiger partial charge is 0.467 e. The molecule has 0 saturated carbocycles. The third-order valence-electron chi connectivity index (χ3n) is 1.68. The molecule has 0 aliphatic carbocycles. The second-order valence-corrected chi connectivity index (χ2v) is 2.80. The van der Waals surface area contributed by atoms with Gasteiger partial charge in [-0.1, -0.05) is 0 Å². The lowest BCUT2D eigenvalue weighted by Crippen LogP contribution is -2.29. The highest BCUT2D eigenvalue weighted by atomic mass is 16.5. The van der Waals surface area contributed by atoms with Crippen molar-refractivity contribution in [3.05, 3.63) is 24.2 Å². The molecule has 0 aromatic carbocycles. The highest BCUT2D eigenvalue weighted by Crippen LogP contribution is 2.02. The lowest BCUT2D eigenvalue weighted by Gasteiger charge is -2.01. The van der Waals surface area contributed by atoms with Crippen LogP contribution in [0.4, 0.5) is 0 Å². The molecule has 1 aromatic heterocycles. The van der Waals surface area contributed by atoms with Crippen LogP contribution in [0.5, 0.6) is 0 Å². The van der Waals surface area contributed by atoms with Crippen LogP contribution in [0.2, 0.25) is 0 Å². The summed E-state index contributed by atoms with van der Waals surface area (Å²) in [5.41, 5.74) is 2.06. The summed E-state index contributed by atoms with van der Waals surface area (Å²) in [5.74, 6) is 5.52. The summed E-state index contributed by atoms with van der Waals surface area (Å²) >= 11 is 0. The van der Waals surface area contributed by atoms with Crippen LogP contribution in [0.1, 0.15) is 18.6 Å². The monoisotopic (exact) mass is 198 g/mol. The summed E-state index contributed by atoms with van der Waals surface area (Å²) in [5, 5.41) is 0. The fourth-order valence-corrected chi connectivity index (χ4v) is 0.974. The molecule has 0 saturated heterocycles. The Balaban J connectivity index is 1.97. The van der Waals surface area contributed by atoms with E-state index in [-0.39, 0.29) is 5.91 Å². The first-order chi connectivity index (χ1) is 6.83. The van der Waals surface area contributed by atoms with Crippen LogP contribution >= 0.6 is 0 Å². The molecule has 0 atom stereocenters. The van der Waals surface area contributed by atoms with Gasteiger partial charge >= 0.3 is 0 Å². The van der Waals surface area contributed by atoms with E-state index in [2.05, 4.69) is 5.43 Å². The highest BCUT2D eigenvalue weighted by Gasteiger charge is 1.98. The molecular formula is C9H14N2O3. The predicted molar refractivity (Wildman–Crippen MR) is 49.9 cm³/mol. The van der Waals surface area contributed by atoms with Gasteiger partial charge in [-0.25, -0.2) is 5.84 Å². The zero-order valence-electron chi connectivity index (χ0n) is 7.86. The van der Waals surface area contributed by atoms with Gasteiger partial charge in [0.25, 0.3) is 0 Å². The summed E-state index contributed by atoms with van der Waals surface area (Å²) in [4.78, 5) is 10.7. The average molecular weight is 198 g/mol. The smallest absolute Gasteiger partial charge is 0.233 e. The van der Waals surface area contributed by atoms with Crippen molar-refractivity contribution in [1.29, 1.82) is 0 Å². The molecule has 1 amide bonds. The summed E-state index contributed by atoms with van der Waals surface area (Å²) in [7, 11) is 0. The second kappa shape index (κ2) is 6.17. The van der Waals surface area contributed by atoms with Crippen molar-refractivity contribution in [3.8, 4) is 0 Å². The van der Waals surface area contributed by atoms with Gasteiger partial charge in [-0.3, -0.25) is 10.2 Å². The second-order valence-electron chi connectivity index (χ2n) is 2.80. The van der Waals surface area contributed by atoms with Crippen LogP contribution in [-0.2, 0) is 16.1 Å². The fraction of sp³-hybridized carbons (Fsp3) is 0.444. The molecular weight excluding hydrogens is 184 g/mol. The molecule has 0 fully saturated rings. The number of nitrogens with two attached hydrogens (primary N) is 1. The molecule has 3 N–H and O–H groups in total. The van der Waals surface area contributed by atoms with Crippen LogP contribution in [0.15, 0.2) is 22.8 Å². The highest BCUT2D eigenvalue weighted by molar-refractivity contribution is 5.75. The number of hydrazine groups is 1. The molecule has 5 heteroatoms. The quantitative estimate of drug-likeness (QED) is 0.303. The molecule has 0 aliphatic heterocycles. The Morgan fingerprint density at radius 2 is 2.50 bits per heavy atom. The minimum atomic E-state index is -0.174. The third-order valence-corrected chi connectivity index (χ3v) is 1.68. The molecule has 14 heavy (non-hydrogen) atoms. The maximum absolute atomic E-state index is 10.7. The maximum atomic E-state index is 10.7. The van der Waals surface area contributed by atoms with E-state index in [1.807, 2.05) is 6.07 Å². The van der Waals surface area contributed by atoms with E-state index < -0.39 is 0 Å². The number of ether oxygens (including phenoxy) is 1. The minimum Gasteiger partial charge on any atom is -0.467 e. The SMILES string of the molecule is NNC(=O)CCCOCc1ccco1. The Bertz CT molecular complexity index is 259. The van der Waals surface area contributed by atoms with Crippen molar-refractivity contribution in [3.63, 3.8) is 0 Å². The first-order valence-corrected chi connectivity index (χ1v) is 4.42. The number of carbonyl (C=O) groups excluding carboxylic acids is 1. The maximum Gasteiger partial charge on any atom is 0.233 e.